The lowest BCUT2D eigenvalue weighted by Gasteiger charge is -2.09. The topological polar surface area (TPSA) is 54.0 Å². The smallest absolute Gasteiger partial charge is 0.315 e. The Hall–Kier alpha value is -2.88. The Bertz CT molecular complexity index is 840. The summed E-state index contributed by atoms with van der Waals surface area (Å²) in [6.07, 6.45) is 0.803. The van der Waals surface area contributed by atoms with Crippen LogP contribution in [0.15, 0.2) is 60.7 Å². The first-order valence-corrected chi connectivity index (χ1v) is 8.13. The molecule has 0 atom stereocenters. The Morgan fingerprint density at radius 1 is 0.958 bits per heavy atom. The zero-order valence-corrected chi connectivity index (χ0v) is 13.8. The quantitative estimate of drug-likeness (QED) is 0.755. The fourth-order valence-corrected chi connectivity index (χ4v) is 2.75. The van der Waals surface area contributed by atoms with Crippen molar-refractivity contribution >= 4 is 16.8 Å². The summed E-state index contributed by atoms with van der Waals surface area (Å²) < 4.78 is 0. The van der Waals surface area contributed by atoms with Crippen LogP contribution in [0.2, 0.25) is 0 Å². The maximum absolute atomic E-state index is 11.9. The van der Waals surface area contributed by atoms with Crippen molar-refractivity contribution in [2.45, 2.75) is 19.9 Å². The molecule has 0 radical (unpaired) electrons. The summed E-state index contributed by atoms with van der Waals surface area (Å²) in [5, 5.41) is 8.21. The number of amides is 2. The van der Waals surface area contributed by atoms with Crippen LogP contribution >= 0.6 is 0 Å². The van der Waals surface area contributed by atoms with E-state index in [1.807, 2.05) is 37.3 Å². The van der Waals surface area contributed by atoms with E-state index in [1.165, 1.54) is 16.3 Å². The molecule has 1 heterocycles. The lowest BCUT2D eigenvalue weighted by atomic mass is 10.0. The van der Waals surface area contributed by atoms with Crippen LogP contribution in [-0.4, -0.2) is 17.6 Å². The number of hydrogen-bond acceptors (Lipinski definition) is 2. The van der Waals surface area contributed by atoms with Crippen molar-refractivity contribution in [1.29, 1.82) is 0 Å². The maximum atomic E-state index is 11.9. The molecule has 4 nitrogen and oxygen atoms in total. The summed E-state index contributed by atoms with van der Waals surface area (Å²) in [6, 6.07) is 20.2. The molecule has 24 heavy (non-hydrogen) atoms. The van der Waals surface area contributed by atoms with Crippen molar-refractivity contribution in [3.63, 3.8) is 0 Å². The van der Waals surface area contributed by atoms with Gasteiger partial charge in [-0.2, -0.15) is 0 Å². The number of aryl methyl sites for hydroxylation is 1. The zero-order chi connectivity index (χ0) is 16.8. The van der Waals surface area contributed by atoms with Gasteiger partial charge >= 0.3 is 6.03 Å². The second-order valence-electron chi connectivity index (χ2n) is 5.77. The number of nitrogens with zero attached hydrogens (tertiary/aromatic N) is 1. The monoisotopic (exact) mass is 319 g/mol. The second-order valence-corrected chi connectivity index (χ2v) is 5.77. The normalized spacial score (nSPS) is 10.5. The van der Waals surface area contributed by atoms with E-state index < -0.39 is 0 Å². The van der Waals surface area contributed by atoms with Gasteiger partial charge in [-0.15, -0.1) is 0 Å². The number of rotatable bonds is 5. The van der Waals surface area contributed by atoms with E-state index >= 15 is 0 Å². The van der Waals surface area contributed by atoms with Crippen molar-refractivity contribution in [3.05, 3.63) is 77.6 Å². The van der Waals surface area contributed by atoms with Crippen LogP contribution in [0.1, 0.15) is 17.0 Å². The van der Waals surface area contributed by atoms with Crippen molar-refractivity contribution in [2.24, 2.45) is 0 Å². The van der Waals surface area contributed by atoms with Gasteiger partial charge in [-0.1, -0.05) is 48.5 Å². The predicted octanol–water partition coefficient (Wildman–Crippen LogP) is 3.59. The molecule has 0 saturated carbocycles. The van der Waals surface area contributed by atoms with Crippen LogP contribution in [0.3, 0.4) is 0 Å². The Morgan fingerprint density at radius 3 is 2.62 bits per heavy atom. The standard InChI is InChI=1S/C20H21N3O/c1-15-6-4-10-18(23-15)14-22-20(24)21-13-12-17-9-5-8-16-7-2-3-11-19(16)17/h2-11H,12-14H2,1H3,(H2,21,22,24). The summed E-state index contributed by atoms with van der Waals surface area (Å²) in [5.41, 5.74) is 3.05. The Balaban J connectivity index is 1.50. The van der Waals surface area contributed by atoms with E-state index in [0.717, 1.165) is 17.8 Å². The van der Waals surface area contributed by atoms with Crippen molar-refractivity contribution in [2.75, 3.05) is 6.54 Å². The number of fused-ring (bicyclic) bond motifs is 1. The predicted molar refractivity (Wildman–Crippen MR) is 96.9 cm³/mol. The molecule has 0 spiro atoms. The number of nitrogens with one attached hydrogen (secondary N) is 2. The van der Waals surface area contributed by atoms with Gasteiger partial charge in [-0.05, 0) is 41.8 Å². The lowest BCUT2D eigenvalue weighted by molar-refractivity contribution is 0.240. The third kappa shape index (κ3) is 4.10. The molecule has 3 rings (SSSR count). The van der Waals surface area contributed by atoms with Crippen molar-refractivity contribution < 1.29 is 4.79 Å². The SMILES string of the molecule is Cc1cccc(CNC(=O)NCCc2cccc3ccccc23)n1. The number of urea groups is 1. The molecule has 0 fully saturated rings. The van der Waals surface area contributed by atoms with Crippen molar-refractivity contribution in [3.8, 4) is 0 Å². The first-order valence-electron chi connectivity index (χ1n) is 8.13. The molecule has 3 aromatic rings. The summed E-state index contributed by atoms with van der Waals surface area (Å²) in [6.45, 7) is 2.97. The van der Waals surface area contributed by atoms with Gasteiger partial charge in [0, 0.05) is 12.2 Å². The van der Waals surface area contributed by atoms with E-state index in [2.05, 4.69) is 45.9 Å². The fourth-order valence-electron chi connectivity index (χ4n) is 2.75. The number of pyridine rings is 1. The van der Waals surface area contributed by atoms with E-state index in [1.54, 1.807) is 0 Å². The molecule has 0 aliphatic heterocycles. The summed E-state index contributed by atoms with van der Waals surface area (Å²) in [4.78, 5) is 16.3. The fraction of sp³-hybridized carbons (Fsp3) is 0.200. The van der Waals surface area contributed by atoms with Gasteiger partial charge < -0.3 is 10.6 Å². The van der Waals surface area contributed by atoms with Gasteiger partial charge in [0.2, 0.25) is 0 Å². The molecule has 122 valence electrons. The van der Waals surface area contributed by atoms with Crippen LogP contribution in [0, 0.1) is 6.92 Å². The molecule has 2 amide bonds. The molecule has 1 aromatic heterocycles. The Labute approximate surface area is 141 Å². The van der Waals surface area contributed by atoms with Gasteiger partial charge in [0.15, 0.2) is 0 Å². The summed E-state index contributed by atoms with van der Waals surface area (Å²) in [7, 11) is 0. The molecular formula is C20H21N3O. The molecule has 4 heteroatoms. The number of carbonyl (C=O) groups is 1. The molecule has 0 unspecified atom stereocenters. The van der Waals surface area contributed by atoms with Gasteiger partial charge in [0.1, 0.15) is 0 Å². The molecule has 0 saturated heterocycles. The maximum Gasteiger partial charge on any atom is 0.315 e. The van der Waals surface area contributed by atoms with Crippen LogP contribution in [0.25, 0.3) is 10.8 Å². The highest BCUT2D eigenvalue weighted by molar-refractivity contribution is 5.85. The second kappa shape index (κ2) is 7.59. The summed E-state index contributed by atoms with van der Waals surface area (Å²) >= 11 is 0. The van der Waals surface area contributed by atoms with Gasteiger partial charge in [-0.3, -0.25) is 4.98 Å². The Kier molecular flexibility index (Phi) is 5.06. The highest BCUT2D eigenvalue weighted by Gasteiger charge is 2.03. The van der Waals surface area contributed by atoms with Crippen LogP contribution in [0.5, 0.6) is 0 Å². The average molecular weight is 319 g/mol. The van der Waals surface area contributed by atoms with Crippen molar-refractivity contribution in [1.82, 2.24) is 15.6 Å². The number of carbonyl (C=O) groups excluding carboxylic acids is 1. The first-order chi connectivity index (χ1) is 11.7. The third-order valence-electron chi connectivity index (χ3n) is 3.94. The minimum absolute atomic E-state index is 0.168. The highest BCUT2D eigenvalue weighted by atomic mass is 16.2. The van der Waals surface area contributed by atoms with E-state index in [0.29, 0.717) is 13.1 Å². The van der Waals surface area contributed by atoms with Crippen LogP contribution in [0.4, 0.5) is 4.79 Å². The van der Waals surface area contributed by atoms with E-state index in [4.69, 9.17) is 0 Å². The van der Waals surface area contributed by atoms with Gasteiger partial charge in [0.05, 0.1) is 12.2 Å². The van der Waals surface area contributed by atoms with Crippen LogP contribution in [-0.2, 0) is 13.0 Å². The molecular weight excluding hydrogens is 298 g/mol. The van der Waals surface area contributed by atoms with Gasteiger partial charge in [0.25, 0.3) is 0 Å². The number of hydrogen-bond donors (Lipinski definition) is 2. The highest BCUT2D eigenvalue weighted by Crippen LogP contribution is 2.18. The molecule has 2 N–H and O–H groups in total. The third-order valence-corrected chi connectivity index (χ3v) is 3.94. The first kappa shape index (κ1) is 16.0. The van der Waals surface area contributed by atoms with E-state index in [9.17, 15) is 4.79 Å². The molecule has 0 aliphatic rings. The lowest BCUT2D eigenvalue weighted by Crippen LogP contribution is -2.36. The van der Waals surface area contributed by atoms with Crippen LogP contribution < -0.4 is 10.6 Å². The van der Waals surface area contributed by atoms with Gasteiger partial charge in [-0.25, -0.2) is 4.79 Å². The Morgan fingerprint density at radius 2 is 1.75 bits per heavy atom. The summed E-state index contributed by atoms with van der Waals surface area (Å²) in [5.74, 6) is 0. The molecule has 0 aliphatic carbocycles. The number of benzene rings is 2. The number of aromatic nitrogens is 1. The molecule has 0 bridgehead atoms. The average Bonchev–Trinajstić information content (AvgIpc) is 2.60. The molecule has 2 aromatic carbocycles. The minimum atomic E-state index is -0.168. The van der Waals surface area contributed by atoms with E-state index in [-0.39, 0.29) is 6.03 Å². The largest absolute Gasteiger partial charge is 0.338 e. The zero-order valence-electron chi connectivity index (χ0n) is 13.8. The minimum Gasteiger partial charge on any atom is -0.338 e.